The summed E-state index contributed by atoms with van der Waals surface area (Å²) in [5.74, 6) is 0. The third-order valence-corrected chi connectivity index (χ3v) is 2.31. The highest BCUT2D eigenvalue weighted by molar-refractivity contribution is 5.61. The molecule has 0 radical (unpaired) electrons. The van der Waals surface area contributed by atoms with Crippen LogP contribution in [0.1, 0.15) is 5.69 Å². The first-order chi connectivity index (χ1) is 7.86. The zero-order valence-corrected chi connectivity index (χ0v) is 8.74. The highest BCUT2D eigenvalue weighted by Gasteiger charge is 2.13. The van der Waals surface area contributed by atoms with Gasteiger partial charge < -0.3 is 10.2 Å². The van der Waals surface area contributed by atoms with E-state index in [-0.39, 0.29) is 13.2 Å². The Morgan fingerprint density at radius 1 is 1.12 bits per heavy atom. The lowest BCUT2D eigenvalue weighted by molar-refractivity contribution is 0.268. The molecule has 0 saturated heterocycles. The van der Waals surface area contributed by atoms with Crippen molar-refractivity contribution in [2.24, 2.45) is 0 Å². The minimum atomic E-state index is -0.157. The second-order valence-corrected chi connectivity index (χ2v) is 3.36. The first kappa shape index (κ1) is 10.8. The molecule has 0 unspecified atom stereocenters. The largest absolute Gasteiger partial charge is 0.394 e. The standard InChI is InChI=1S/C11H13N3O2/c15-7-6-14-11(10(8-16)12-13-14)9-4-2-1-3-5-9/h1-5,15-16H,6-8H2. The maximum absolute atomic E-state index is 9.18. The van der Waals surface area contributed by atoms with Crippen molar-refractivity contribution in [1.29, 1.82) is 0 Å². The van der Waals surface area contributed by atoms with Gasteiger partial charge in [-0.3, -0.25) is 0 Å². The molecule has 5 heteroatoms. The zero-order valence-electron chi connectivity index (χ0n) is 8.74. The van der Waals surface area contributed by atoms with Gasteiger partial charge in [-0.2, -0.15) is 0 Å². The quantitative estimate of drug-likeness (QED) is 0.782. The van der Waals surface area contributed by atoms with E-state index in [0.717, 1.165) is 11.3 Å². The van der Waals surface area contributed by atoms with E-state index in [1.54, 1.807) is 4.68 Å². The Morgan fingerprint density at radius 3 is 2.50 bits per heavy atom. The van der Waals surface area contributed by atoms with Gasteiger partial charge in [-0.25, -0.2) is 4.68 Å². The lowest BCUT2D eigenvalue weighted by Gasteiger charge is -2.05. The summed E-state index contributed by atoms with van der Waals surface area (Å²) in [6, 6.07) is 9.58. The lowest BCUT2D eigenvalue weighted by Crippen LogP contribution is -2.06. The van der Waals surface area contributed by atoms with Gasteiger partial charge in [0, 0.05) is 5.56 Å². The van der Waals surface area contributed by atoms with Gasteiger partial charge in [0.25, 0.3) is 0 Å². The normalized spacial score (nSPS) is 10.6. The Kier molecular flexibility index (Phi) is 3.28. The van der Waals surface area contributed by atoms with E-state index in [4.69, 9.17) is 5.11 Å². The molecule has 2 N–H and O–H groups in total. The predicted octanol–water partition coefficient (Wildman–Crippen LogP) is 0.430. The molecule has 0 amide bonds. The van der Waals surface area contributed by atoms with Gasteiger partial charge >= 0.3 is 0 Å². The number of aliphatic hydroxyl groups excluding tert-OH is 2. The monoisotopic (exact) mass is 219 g/mol. The molecule has 0 aliphatic carbocycles. The van der Waals surface area contributed by atoms with Crippen LogP contribution in [0.2, 0.25) is 0 Å². The van der Waals surface area contributed by atoms with Crippen LogP contribution in [0.25, 0.3) is 11.3 Å². The van der Waals surface area contributed by atoms with Crippen LogP contribution in [0.3, 0.4) is 0 Å². The fourth-order valence-electron chi connectivity index (χ4n) is 1.62. The van der Waals surface area contributed by atoms with Crippen LogP contribution in [-0.4, -0.2) is 31.8 Å². The van der Waals surface area contributed by atoms with Crippen LogP contribution in [0.5, 0.6) is 0 Å². The Morgan fingerprint density at radius 2 is 1.88 bits per heavy atom. The average Bonchev–Trinajstić information content (AvgIpc) is 2.74. The second-order valence-electron chi connectivity index (χ2n) is 3.36. The molecule has 1 heterocycles. The van der Waals surface area contributed by atoms with E-state index in [1.807, 2.05) is 30.3 Å². The van der Waals surface area contributed by atoms with Gasteiger partial charge in [-0.15, -0.1) is 5.10 Å². The molecule has 0 fully saturated rings. The van der Waals surface area contributed by atoms with E-state index >= 15 is 0 Å². The molecule has 16 heavy (non-hydrogen) atoms. The highest BCUT2D eigenvalue weighted by atomic mass is 16.3. The van der Waals surface area contributed by atoms with E-state index < -0.39 is 0 Å². The fraction of sp³-hybridized carbons (Fsp3) is 0.273. The fourth-order valence-corrected chi connectivity index (χ4v) is 1.62. The average molecular weight is 219 g/mol. The molecular formula is C11H13N3O2. The molecule has 2 aromatic rings. The summed E-state index contributed by atoms with van der Waals surface area (Å²) in [5, 5.41) is 25.9. The van der Waals surface area contributed by atoms with Crippen molar-refractivity contribution >= 4 is 0 Å². The van der Waals surface area contributed by atoms with Gasteiger partial charge in [0.05, 0.1) is 25.5 Å². The van der Waals surface area contributed by atoms with Crippen molar-refractivity contribution < 1.29 is 10.2 Å². The van der Waals surface area contributed by atoms with Crippen LogP contribution >= 0.6 is 0 Å². The topological polar surface area (TPSA) is 71.2 Å². The first-order valence-electron chi connectivity index (χ1n) is 5.06. The molecule has 0 atom stereocenters. The van der Waals surface area contributed by atoms with Crippen LogP contribution < -0.4 is 0 Å². The van der Waals surface area contributed by atoms with Crippen molar-refractivity contribution in [1.82, 2.24) is 15.0 Å². The molecule has 5 nitrogen and oxygen atoms in total. The molecule has 0 spiro atoms. The van der Waals surface area contributed by atoms with E-state index in [2.05, 4.69) is 10.3 Å². The summed E-state index contributed by atoms with van der Waals surface area (Å²) >= 11 is 0. The number of aromatic nitrogens is 3. The lowest BCUT2D eigenvalue weighted by atomic mass is 10.1. The van der Waals surface area contributed by atoms with Gasteiger partial charge in [0.2, 0.25) is 0 Å². The summed E-state index contributed by atoms with van der Waals surface area (Å²) < 4.78 is 1.60. The molecule has 0 saturated carbocycles. The summed E-state index contributed by atoms with van der Waals surface area (Å²) in [5.41, 5.74) is 2.22. The Labute approximate surface area is 93.0 Å². The Hall–Kier alpha value is -1.72. The predicted molar refractivity (Wildman–Crippen MR) is 58.5 cm³/mol. The van der Waals surface area contributed by atoms with Crippen LogP contribution in [-0.2, 0) is 13.2 Å². The molecule has 0 aliphatic rings. The summed E-state index contributed by atoms with van der Waals surface area (Å²) in [6.07, 6.45) is 0. The van der Waals surface area contributed by atoms with Gasteiger partial charge in [-0.05, 0) is 0 Å². The van der Waals surface area contributed by atoms with Crippen molar-refractivity contribution in [2.75, 3.05) is 6.61 Å². The molecule has 0 bridgehead atoms. The van der Waals surface area contributed by atoms with Crippen molar-refractivity contribution in [2.45, 2.75) is 13.2 Å². The number of nitrogens with zero attached hydrogens (tertiary/aromatic N) is 3. The van der Waals surface area contributed by atoms with E-state index in [1.165, 1.54) is 0 Å². The molecule has 1 aromatic carbocycles. The van der Waals surface area contributed by atoms with Crippen molar-refractivity contribution in [3.8, 4) is 11.3 Å². The van der Waals surface area contributed by atoms with E-state index in [9.17, 15) is 5.11 Å². The van der Waals surface area contributed by atoms with Crippen molar-refractivity contribution in [3.05, 3.63) is 36.0 Å². The van der Waals surface area contributed by atoms with Gasteiger partial charge in [0.1, 0.15) is 5.69 Å². The minimum Gasteiger partial charge on any atom is -0.394 e. The third-order valence-electron chi connectivity index (χ3n) is 2.31. The summed E-state index contributed by atoms with van der Waals surface area (Å²) in [6.45, 7) is 0.209. The third kappa shape index (κ3) is 1.95. The van der Waals surface area contributed by atoms with E-state index in [0.29, 0.717) is 12.2 Å². The van der Waals surface area contributed by atoms with Gasteiger partial charge in [0.15, 0.2) is 0 Å². The molecule has 84 valence electrons. The number of benzene rings is 1. The summed E-state index contributed by atoms with van der Waals surface area (Å²) in [4.78, 5) is 0. The molecular weight excluding hydrogens is 206 g/mol. The maximum atomic E-state index is 9.18. The van der Waals surface area contributed by atoms with Crippen LogP contribution in [0.4, 0.5) is 0 Å². The SMILES string of the molecule is OCCn1nnc(CO)c1-c1ccccc1. The Balaban J connectivity index is 2.48. The number of hydrogen-bond acceptors (Lipinski definition) is 4. The minimum absolute atomic E-state index is 0.00589. The molecule has 1 aromatic heterocycles. The van der Waals surface area contributed by atoms with Crippen molar-refractivity contribution in [3.63, 3.8) is 0 Å². The smallest absolute Gasteiger partial charge is 0.116 e. The molecule has 2 rings (SSSR count). The second kappa shape index (κ2) is 4.87. The number of rotatable bonds is 4. The van der Waals surface area contributed by atoms with Crippen LogP contribution in [0, 0.1) is 0 Å². The molecule has 0 aliphatic heterocycles. The number of hydrogen-bond donors (Lipinski definition) is 2. The first-order valence-corrected chi connectivity index (χ1v) is 5.06. The number of aliphatic hydroxyl groups is 2. The summed E-state index contributed by atoms with van der Waals surface area (Å²) in [7, 11) is 0. The Bertz CT molecular complexity index is 454. The highest BCUT2D eigenvalue weighted by Crippen LogP contribution is 2.21. The van der Waals surface area contributed by atoms with Gasteiger partial charge in [-0.1, -0.05) is 35.5 Å². The van der Waals surface area contributed by atoms with Crippen LogP contribution in [0.15, 0.2) is 30.3 Å². The maximum Gasteiger partial charge on any atom is 0.116 e. The zero-order chi connectivity index (χ0) is 11.4.